The van der Waals surface area contributed by atoms with Crippen molar-refractivity contribution in [3.63, 3.8) is 0 Å². The van der Waals surface area contributed by atoms with Crippen molar-refractivity contribution in [1.29, 1.82) is 0 Å². The molecule has 0 radical (unpaired) electrons. The summed E-state index contributed by atoms with van der Waals surface area (Å²) >= 11 is 0. The van der Waals surface area contributed by atoms with Crippen molar-refractivity contribution in [1.82, 2.24) is 0 Å². The summed E-state index contributed by atoms with van der Waals surface area (Å²) in [5.74, 6) is 0. The van der Waals surface area contributed by atoms with Crippen LogP contribution in [0.25, 0.3) is 0 Å². The fraction of sp³-hybridized carbons (Fsp3) is 0.500. The van der Waals surface area contributed by atoms with E-state index in [1.165, 1.54) is 5.56 Å². The zero-order chi connectivity index (χ0) is 12.2. The molecule has 0 aliphatic heterocycles. The Hall–Kier alpha value is -1.44. The van der Waals surface area contributed by atoms with E-state index in [1.807, 2.05) is 18.2 Å². The van der Waals surface area contributed by atoms with Crippen molar-refractivity contribution in [2.75, 3.05) is 19.7 Å². The minimum atomic E-state index is 0.616. The molecule has 0 saturated carbocycles. The van der Waals surface area contributed by atoms with E-state index in [0.717, 1.165) is 19.4 Å². The average Bonchev–Trinajstić information content (AvgIpc) is 2.38. The zero-order valence-electron chi connectivity index (χ0n) is 10.4. The molecule has 0 aliphatic carbocycles. The molecule has 0 heterocycles. The van der Waals surface area contributed by atoms with E-state index < -0.39 is 0 Å². The Balaban J connectivity index is 2.03. The van der Waals surface area contributed by atoms with Crippen LogP contribution < -0.4 is 0 Å². The first kappa shape index (κ1) is 13.6. The molecule has 0 spiro atoms. The molecule has 0 amide bonds. The van der Waals surface area contributed by atoms with Gasteiger partial charge in [0.2, 0.25) is 0 Å². The zero-order valence-corrected chi connectivity index (χ0v) is 10.4. The van der Waals surface area contributed by atoms with Crippen molar-refractivity contribution in [2.24, 2.45) is 9.98 Å². The maximum atomic E-state index is 5.47. The summed E-state index contributed by atoms with van der Waals surface area (Å²) in [6.45, 7) is 4.85. The number of nitrogens with zero attached hydrogens (tertiary/aromatic N) is 2. The van der Waals surface area contributed by atoms with Crippen molar-refractivity contribution in [2.45, 2.75) is 26.4 Å². The topological polar surface area (TPSA) is 34.0 Å². The SMILES string of the molecule is CCCCN=C=NCCOCc1ccccc1. The standard InChI is InChI=1S/C14H20N2O/c1-2-3-9-15-13-16-10-11-17-12-14-7-5-4-6-8-14/h4-8H,2-3,9-12H2,1H3. The summed E-state index contributed by atoms with van der Waals surface area (Å²) in [6.07, 6.45) is 2.26. The Kier molecular flexibility index (Phi) is 7.82. The van der Waals surface area contributed by atoms with Crippen LogP contribution in [-0.4, -0.2) is 25.7 Å². The van der Waals surface area contributed by atoms with Gasteiger partial charge in [-0.1, -0.05) is 43.7 Å². The van der Waals surface area contributed by atoms with Crippen molar-refractivity contribution >= 4 is 6.01 Å². The van der Waals surface area contributed by atoms with E-state index in [9.17, 15) is 0 Å². The Morgan fingerprint density at radius 2 is 1.88 bits per heavy atom. The first-order valence-corrected chi connectivity index (χ1v) is 6.13. The number of benzene rings is 1. The normalized spacial score (nSPS) is 9.71. The molecule has 1 rings (SSSR count). The minimum Gasteiger partial charge on any atom is -0.375 e. The van der Waals surface area contributed by atoms with Gasteiger partial charge in [0.15, 0.2) is 0 Å². The fourth-order valence-corrected chi connectivity index (χ4v) is 1.26. The summed E-state index contributed by atoms with van der Waals surface area (Å²) in [5.41, 5.74) is 1.19. The maximum absolute atomic E-state index is 5.47. The molecule has 1 aromatic rings. The van der Waals surface area contributed by atoms with Gasteiger partial charge in [-0.15, -0.1) is 0 Å². The van der Waals surface area contributed by atoms with Gasteiger partial charge in [0.1, 0.15) is 0 Å². The highest BCUT2D eigenvalue weighted by molar-refractivity contribution is 5.40. The number of unbranched alkanes of at least 4 members (excludes halogenated alkanes) is 1. The molecule has 92 valence electrons. The van der Waals surface area contributed by atoms with Crippen LogP contribution in [0.15, 0.2) is 40.3 Å². The lowest BCUT2D eigenvalue weighted by atomic mass is 10.2. The van der Waals surface area contributed by atoms with E-state index in [1.54, 1.807) is 0 Å². The van der Waals surface area contributed by atoms with Gasteiger partial charge < -0.3 is 4.74 Å². The predicted octanol–water partition coefficient (Wildman–Crippen LogP) is 3.18. The molecule has 0 unspecified atom stereocenters. The minimum absolute atomic E-state index is 0.616. The van der Waals surface area contributed by atoms with E-state index in [-0.39, 0.29) is 0 Å². The highest BCUT2D eigenvalue weighted by Crippen LogP contribution is 1.99. The highest BCUT2D eigenvalue weighted by Gasteiger charge is 1.90. The monoisotopic (exact) mass is 232 g/mol. The lowest BCUT2D eigenvalue weighted by Crippen LogP contribution is -1.98. The third-order valence-corrected chi connectivity index (χ3v) is 2.22. The van der Waals surface area contributed by atoms with Crippen LogP contribution in [0.3, 0.4) is 0 Å². The Bertz CT molecular complexity index is 342. The second-order valence-corrected chi connectivity index (χ2v) is 3.76. The Labute approximate surface area is 103 Å². The number of rotatable bonds is 8. The molecule has 0 N–H and O–H groups in total. The van der Waals surface area contributed by atoms with E-state index >= 15 is 0 Å². The van der Waals surface area contributed by atoms with Gasteiger partial charge >= 0.3 is 0 Å². The summed E-state index contributed by atoms with van der Waals surface area (Å²) in [5, 5.41) is 0. The lowest BCUT2D eigenvalue weighted by Gasteiger charge is -2.00. The summed E-state index contributed by atoms with van der Waals surface area (Å²) in [7, 11) is 0. The van der Waals surface area contributed by atoms with E-state index in [0.29, 0.717) is 19.8 Å². The molecule has 1 aromatic carbocycles. The molecule has 3 nitrogen and oxygen atoms in total. The lowest BCUT2D eigenvalue weighted by molar-refractivity contribution is 0.128. The van der Waals surface area contributed by atoms with Crippen molar-refractivity contribution < 1.29 is 4.74 Å². The summed E-state index contributed by atoms with van der Waals surface area (Å²) in [6, 6.07) is 12.8. The first-order chi connectivity index (χ1) is 8.43. The summed E-state index contributed by atoms with van der Waals surface area (Å²) < 4.78 is 5.47. The number of ether oxygens (including phenoxy) is 1. The fourth-order valence-electron chi connectivity index (χ4n) is 1.26. The quantitative estimate of drug-likeness (QED) is 0.500. The number of hydrogen-bond donors (Lipinski definition) is 0. The molecule has 0 bridgehead atoms. The van der Waals surface area contributed by atoms with Crippen molar-refractivity contribution in [3.05, 3.63) is 35.9 Å². The molecule has 0 atom stereocenters. The van der Waals surface area contributed by atoms with Gasteiger partial charge in [0.05, 0.1) is 25.8 Å². The molecule has 3 heteroatoms. The third kappa shape index (κ3) is 7.45. The number of aliphatic imine (C=N–C) groups is 2. The van der Waals surface area contributed by atoms with Gasteiger partial charge in [0, 0.05) is 6.54 Å². The molecular formula is C14H20N2O. The van der Waals surface area contributed by atoms with Gasteiger partial charge in [-0.2, -0.15) is 0 Å². The third-order valence-electron chi connectivity index (χ3n) is 2.22. The predicted molar refractivity (Wildman–Crippen MR) is 70.6 cm³/mol. The van der Waals surface area contributed by atoms with Crippen LogP contribution in [0.5, 0.6) is 0 Å². The van der Waals surface area contributed by atoms with Crippen LogP contribution in [0.1, 0.15) is 25.3 Å². The first-order valence-electron chi connectivity index (χ1n) is 6.13. The molecule has 17 heavy (non-hydrogen) atoms. The van der Waals surface area contributed by atoms with Gasteiger partial charge in [-0.3, -0.25) is 0 Å². The molecule has 0 saturated heterocycles. The average molecular weight is 232 g/mol. The number of hydrogen-bond acceptors (Lipinski definition) is 3. The second kappa shape index (κ2) is 9.76. The van der Waals surface area contributed by atoms with Gasteiger partial charge in [-0.25, -0.2) is 9.98 Å². The van der Waals surface area contributed by atoms with E-state index in [4.69, 9.17) is 4.74 Å². The van der Waals surface area contributed by atoms with Crippen LogP contribution in [0.4, 0.5) is 0 Å². The molecule has 0 fully saturated rings. The molecule has 0 aliphatic rings. The van der Waals surface area contributed by atoms with E-state index in [2.05, 4.69) is 35.0 Å². The molecular weight excluding hydrogens is 212 g/mol. The Morgan fingerprint density at radius 1 is 1.12 bits per heavy atom. The van der Waals surface area contributed by atoms with Gasteiger partial charge in [-0.05, 0) is 12.0 Å². The Morgan fingerprint density at radius 3 is 2.65 bits per heavy atom. The second-order valence-electron chi connectivity index (χ2n) is 3.76. The highest BCUT2D eigenvalue weighted by atomic mass is 16.5. The maximum Gasteiger partial charge on any atom is 0.0893 e. The van der Waals surface area contributed by atoms with Crippen LogP contribution in [0.2, 0.25) is 0 Å². The summed E-state index contributed by atoms with van der Waals surface area (Å²) in [4.78, 5) is 8.08. The van der Waals surface area contributed by atoms with Crippen LogP contribution >= 0.6 is 0 Å². The van der Waals surface area contributed by atoms with Crippen molar-refractivity contribution in [3.8, 4) is 0 Å². The van der Waals surface area contributed by atoms with Crippen LogP contribution in [-0.2, 0) is 11.3 Å². The molecule has 0 aromatic heterocycles. The largest absolute Gasteiger partial charge is 0.375 e. The smallest absolute Gasteiger partial charge is 0.0893 e. The van der Waals surface area contributed by atoms with Crippen LogP contribution in [0, 0.1) is 0 Å². The van der Waals surface area contributed by atoms with Gasteiger partial charge in [0.25, 0.3) is 0 Å².